The minimum Gasteiger partial charge on any atom is -0.462 e. The highest BCUT2D eigenvalue weighted by Crippen LogP contribution is 2.55. The Morgan fingerprint density at radius 3 is 2.35 bits per heavy atom. The Bertz CT molecular complexity index is 1390. The van der Waals surface area contributed by atoms with Gasteiger partial charge in [-0.2, -0.15) is 0 Å². The van der Waals surface area contributed by atoms with Gasteiger partial charge in [-0.25, -0.2) is 9.59 Å². The Hall–Kier alpha value is -4.40. The molecule has 0 saturated carbocycles. The smallest absolute Gasteiger partial charge is 0.339 e. The van der Waals surface area contributed by atoms with Crippen molar-refractivity contribution in [2.24, 2.45) is 5.73 Å². The molecule has 2 aromatic carbocycles. The molecule has 9 heteroatoms. The summed E-state index contributed by atoms with van der Waals surface area (Å²) in [4.78, 5) is 54.8. The van der Waals surface area contributed by atoms with Crippen LogP contribution in [0.25, 0.3) is 0 Å². The number of ketones is 1. The van der Waals surface area contributed by atoms with Gasteiger partial charge in [0.25, 0.3) is 0 Å². The van der Waals surface area contributed by atoms with E-state index in [2.05, 4.69) is 5.32 Å². The number of carbonyl (C=O) groups excluding carboxylic acids is 4. The lowest BCUT2D eigenvalue weighted by Gasteiger charge is -2.44. The van der Waals surface area contributed by atoms with Gasteiger partial charge in [0.15, 0.2) is 5.78 Å². The van der Waals surface area contributed by atoms with Crippen molar-refractivity contribution in [1.29, 1.82) is 0 Å². The number of para-hydroxylation sites is 1. The Morgan fingerprint density at radius 2 is 1.65 bits per heavy atom. The van der Waals surface area contributed by atoms with Gasteiger partial charge in [0.05, 0.1) is 18.8 Å². The standard InChI is InChI=1S/C28H27N3O6/c1-3-36-25(33)16-12-14-17(15-13-16)31-20-10-7-11-21(32)22(20)28(23(24(31)29)26(34)37-4-2)18-8-5-6-9-19(18)30-27(28)35/h5-6,8-9,12-15H,3-4,7,10-11,29H2,1-2H3,(H,30,35). The number of amides is 1. The lowest BCUT2D eigenvalue weighted by Crippen LogP contribution is -2.53. The normalized spacial score (nSPS) is 20.5. The van der Waals surface area contributed by atoms with Crippen molar-refractivity contribution in [2.75, 3.05) is 23.4 Å². The Balaban J connectivity index is 1.78. The second kappa shape index (κ2) is 9.24. The van der Waals surface area contributed by atoms with Gasteiger partial charge in [0, 0.05) is 34.6 Å². The van der Waals surface area contributed by atoms with Crippen LogP contribution < -0.4 is 16.0 Å². The summed E-state index contributed by atoms with van der Waals surface area (Å²) in [5.74, 6) is -1.97. The van der Waals surface area contributed by atoms with Crippen molar-refractivity contribution in [3.05, 3.63) is 82.3 Å². The van der Waals surface area contributed by atoms with Crippen molar-refractivity contribution in [3.8, 4) is 0 Å². The van der Waals surface area contributed by atoms with Crippen molar-refractivity contribution >= 4 is 35.0 Å². The minimum atomic E-state index is -1.72. The fourth-order valence-electron chi connectivity index (χ4n) is 5.52. The van der Waals surface area contributed by atoms with Crippen LogP contribution in [0.3, 0.4) is 0 Å². The van der Waals surface area contributed by atoms with Gasteiger partial charge in [-0.1, -0.05) is 18.2 Å². The zero-order valence-electron chi connectivity index (χ0n) is 20.6. The number of hydrogen-bond donors (Lipinski definition) is 2. The number of fused-ring (bicyclic) bond motifs is 3. The van der Waals surface area contributed by atoms with Crippen molar-refractivity contribution in [1.82, 2.24) is 0 Å². The van der Waals surface area contributed by atoms with Crippen LogP contribution in [0.15, 0.2) is 71.2 Å². The van der Waals surface area contributed by atoms with Gasteiger partial charge >= 0.3 is 11.9 Å². The first-order chi connectivity index (χ1) is 17.9. The molecule has 9 nitrogen and oxygen atoms in total. The number of nitrogens with one attached hydrogen (secondary N) is 1. The molecule has 2 aliphatic heterocycles. The van der Waals surface area contributed by atoms with Gasteiger partial charge in [-0.3, -0.25) is 14.5 Å². The second-order valence-electron chi connectivity index (χ2n) is 8.93. The largest absolute Gasteiger partial charge is 0.462 e. The SMILES string of the molecule is CCOC(=O)C1=C(N)N(c2ccc(C(=O)OCC)cc2)C2=C(C(=O)CCC2)C12C(=O)Nc1ccccc12. The summed E-state index contributed by atoms with van der Waals surface area (Å²) >= 11 is 0. The van der Waals surface area contributed by atoms with E-state index in [0.717, 1.165) is 0 Å². The zero-order valence-corrected chi connectivity index (χ0v) is 20.6. The van der Waals surface area contributed by atoms with Crippen LogP contribution in [0.4, 0.5) is 11.4 Å². The minimum absolute atomic E-state index is 0.00244. The number of benzene rings is 2. The van der Waals surface area contributed by atoms with Crippen LogP contribution in [0.2, 0.25) is 0 Å². The molecule has 1 atom stereocenters. The summed E-state index contributed by atoms with van der Waals surface area (Å²) in [6, 6.07) is 13.5. The van der Waals surface area contributed by atoms with Gasteiger partial charge in [-0.15, -0.1) is 0 Å². The number of ether oxygens (including phenoxy) is 2. The molecule has 1 aliphatic carbocycles. The number of carbonyl (C=O) groups is 4. The fraction of sp³-hybridized carbons (Fsp3) is 0.286. The number of nitrogens with two attached hydrogens (primary N) is 1. The highest BCUT2D eigenvalue weighted by atomic mass is 16.5. The Kier molecular flexibility index (Phi) is 6.07. The summed E-state index contributed by atoms with van der Waals surface area (Å²) < 4.78 is 10.5. The molecular weight excluding hydrogens is 474 g/mol. The molecule has 0 aromatic heterocycles. The second-order valence-corrected chi connectivity index (χ2v) is 8.93. The van der Waals surface area contributed by atoms with E-state index in [1.807, 2.05) is 0 Å². The van der Waals surface area contributed by atoms with Crippen LogP contribution in [-0.4, -0.2) is 36.8 Å². The third-order valence-corrected chi connectivity index (χ3v) is 6.94. The molecule has 1 spiro atoms. The fourth-order valence-corrected chi connectivity index (χ4v) is 5.52. The molecule has 0 saturated heterocycles. The molecule has 1 unspecified atom stereocenters. The summed E-state index contributed by atoms with van der Waals surface area (Å²) in [5, 5.41) is 2.85. The highest BCUT2D eigenvalue weighted by Gasteiger charge is 2.61. The molecule has 190 valence electrons. The van der Waals surface area contributed by atoms with E-state index in [-0.39, 0.29) is 42.4 Å². The lowest BCUT2D eigenvalue weighted by atomic mass is 9.63. The quantitative estimate of drug-likeness (QED) is 0.598. The van der Waals surface area contributed by atoms with Gasteiger partial charge in [0.2, 0.25) is 5.91 Å². The molecule has 0 fully saturated rings. The van der Waals surface area contributed by atoms with Gasteiger partial charge in [-0.05, 0) is 57.0 Å². The van der Waals surface area contributed by atoms with Crippen LogP contribution in [0.1, 0.15) is 49.0 Å². The summed E-state index contributed by atoms with van der Waals surface area (Å²) in [6.07, 6.45) is 1.27. The van der Waals surface area contributed by atoms with E-state index in [1.165, 1.54) is 0 Å². The van der Waals surface area contributed by atoms with E-state index in [4.69, 9.17) is 15.2 Å². The van der Waals surface area contributed by atoms with E-state index in [1.54, 1.807) is 67.3 Å². The van der Waals surface area contributed by atoms with E-state index in [9.17, 15) is 19.2 Å². The third kappa shape index (κ3) is 3.53. The number of allylic oxidation sites excluding steroid dienone is 1. The first-order valence-corrected chi connectivity index (χ1v) is 12.3. The third-order valence-electron chi connectivity index (χ3n) is 6.94. The Morgan fingerprint density at radius 1 is 0.973 bits per heavy atom. The van der Waals surface area contributed by atoms with Crippen LogP contribution in [-0.2, 0) is 29.3 Å². The van der Waals surface area contributed by atoms with E-state index >= 15 is 0 Å². The predicted molar refractivity (Wildman–Crippen MR) is 135 cm³/mol. The summed E-state index contributed by atoms with van der Waals surface area (Å²) in [7, 11) is 0. The number of hydrogen-bond acceptors (Lipinski definition) is 8. The van der Waals surface area contributed by atoms with Crippen LogP contribution in [0.5, 0.6) is 0 Å². The molecule has 37 heavy (non-hydrogen) atoms. The molecule has 1 amide bonds. The molecular formula is C28H27N3O6. The van der Waals surface area contributed by atoms with E-state index < -0.39 is 23.3 Å². The number of esters is 2. The average Bonchev–Trinajstić information content (AvgIpc) is 3.16. The van der Waals surface area contributed by atoms with E-state index in [0.29, 0.717) is 41.0 Å². The first kappa shape index (κ1) is 24.3. The number of anilines is 2. The van der Waals surface area contributed by atoms with Crippen LogP contribution in [0, 0.1) is 0 Å². The summed E-state index contributed by atoms with van der Waals surface area (Å²) in [5.41, 5.74) is 7.61. The first-order valence-electron chi connectivity index (χ1n) is 12.3. The monoisotopic (exact) mass is 501 g/mol. The van der Waals surface area contributed by atoms with Crippen molar-refractivity contribution in [2.45, 2.75) is 38.5 Å². The topological polar surface area (TPSA) is 128 Å². The molecule has 0 radical (unpaired) electrons. The number of rotatable bonds is 5. The maximum atomic E-state index is 13.8. The van der Waals surface area contributed by atoms with Crippen molar-refractivity contribution in [3.63, 3.8) is 0 Å². The average molecular weight is 502 g/mol. The summed E-state index contributed by atoms with van der Waals surface area (Å²) in [6.45, 7) is 3.69. The highest BCUT2D eigenvalue weighted by molar-refractivity contribution is 6.23. The maximum Gasteiger partial charge on any atom is 0.339 e. The molecule has 2 heterocycles. The molecule has 0 bridgehead atoms. The van der Waals surface area contributed by atoms with Crippen LogP contribution >= 0.6 is 0 Å². The number of Topliss-reactive ketones (excluding diaryl/α,β-unsaturated/α-hetero) is 1. The van der Waals surface area contributed by atoms with Gasteiger partial charge in [0.1, 0.15) is 16.8 Å². The van der Waals surface area contributed by atoms with Crippen molar-refractivity contribution < 1.29 is 28.7 Å². The molecule has 3 N–H and O–H groups in total. The predicted octanol–water partition coefficient (Wildman–Crippen LogP) is 3.31. The number of nitrogens with zero attached hydrogens (tertiary/aromatic N) is 1. The Labute approximate surface area is 213 Å². The van der Waals surface area contributed by atoms with Gasteiger partial charge < -0.3 is 20.5 Å². The molecule has 3 aliphatic rings. The lowest BCUT2D eigenvalue weighted by molar-refractivity contribution is -0.140. The zero-order chi connectivity index (χ0) is 26.3. The maximum absolute atomic E-state index is 13.8. The molecule has 2 aromatic rings. The molecule has 5 rings (SSSR count).